The third kappa shape index (κ3) is 3.80. The predicted molar refractivity (Wildman–Crippen MR) is 101 cm³/mol. The van der Waals surface area contributed by atoms with Crippen molar-refractivity contribution in [3.8, 4) is 0 Å². The van der Waals surface area contributed by atoms with Crippen molar-refractivity contribution in [3.63, 3.8) is 0 Å². The van der Waals surface area contributed by atoms with Crippen molar-refractivity contribution in [1.29, 1.82) is 0 Å². The Morgan fingerprint density at radius 1 is 1.12 bits per heavy atom. The average molecular weight is 337 g/mol. The minimum atomic E-state index is 0.0996. The van der Waals surface area contributed by atoms with Gasteiger partial charge in [-0.3, -0.25) is 4.79 Å². The molecule has 2 aromatic carbocycles. The number of ketones is 1. The number of rotatable bonds is 4. The van der Waals surface area contributed by atoms with Gasteiger partial charge in [-0.1, -0.05) is 61.5 Å². The van der Waals surface area contributed by atoms with Gasteiger partial charge < -0.3 is 5.32 Å². The molecule has 2 nitrogen and oxygen atoms in total. The van der Waals surface area contributed by atoms with Crippen LogP contribution in [0.5, 0.6) is 0 Å². The van der Waals surface area contributed by atoms with Crippen molar-refractivity contribution >= 4 is 17.5 Å². The lowest BCUT2D eigenvalue weighted by Crippen LogP contribution is -2.38. The number of benzene rings is 2. The van der Waals surface area contributed by atoms with Crippen molar-refractivity contribution in [2.45, 2.75) is 42.5 Å². The fraction of sp³-hybridized carbons (Fsp3) is 0.286. The number of hydrogen-bond acceptors (Lipinski definition) is 3. The van der Waals surface area contributed by atoms with E-state index in [4.69, 9.17) is 0 Å². The molecule has 1 unspecified atom stereocenters. The minimum Gasteiger partial charge on any atom is -0.302 e. The molecular formula is C21H23NOS. The second-order valence-corrected chi connectivity index (χ2v) is 7.34. The summed E-state index contributed by atoms with van der Waals surface area (Å²) in [4.78, 5) is 12.7. The summed E-state index contributed by atoms with van der Waals surface area (Å²) in [5, 5.41) is 4.07. The van der Waals surface area contributed by atoms with E-state index in [9.17, 15) is 4.79 Å². The van der Waals surface area contributed by atoms with Crippen LogP contribution in [0.4, 0.5) is 0 Å². The van der Waals surface area contributed by atoms with Gasteiger partial charge in [-0.05, 0) is 36.6 Å². The Bertz CT molecular complexity index is 726. The molecule has 24 heavy (non-hydrogen) atoms. The molecule has 0 bridgehead atoms. The maximum atomic E-state index is 11.4. The van der Waals surface area contributed by atoms with Crippen LogP contribution in [0.15, 0.2) is 71.6 Å². The Morgan fingerprint density at radius 3 is 2.54 bits per heavy atom. The van der Waals surface area contributed by atoms with Gasteiger partial charge in [0.25, 0.3) is 0 Å². The van der Waals surface area contributed by atoms with Crippen LogP contribution in [-0.2, 0) is 4.79 Å². The maximum absolute atomic E-state index is 11.4. The molecule has 1 aliphatic heterocycles. The second kappa shape index (κ2) is 7.82. The molecule has 1 aliphatic rings. The van der Waals surface area contributed by atoms with Gasteiger partial charge in [0.05, 0.1) is 6.04 Å². The molecule has 0 fully saturated rings. The van der Waals surface area contributed by atoms with E-state index in [-0.39, 0.29) is 17.1 Å². The highest BCUT2D eigenvalue weighted by Crippen LogP contribution is 2.39. The lowest BCUT2D eigenvalue weighted by atomic mass is 9.97. The Kier molecular flexibility index (Phi) is 5.54. The van der Waals surface area contributed by atoms with Gasteiger partial charge in [0.15, 0.2) is 5.78 Å². The minimum absolute atomic E-state index is 0.0996. The van der Waals surface area contributed by atoms with Crippen LogP contribution in [-0.4, -0.2) is 17.1 Å². The highest BCUT2D eigenvalue weighted by molar-refractivity contribution is 8.00. The van der Waals surface area contributed by atoms with Gasteiger partial charge in [-0.25, -0.2) is 0 Å². The summed E-state index contributed by atoms with van der Waals surface area (Å²) in [7, 11) is 0. The van der Waals surface area contributed by atoms with E-state index in [2.05, 4.69) is 72.9 Å². The zero-order chi connectivity index (χ0) is 16.9. The zero-order valence-electron chi connectivity index (χ0n) is 14.1. The van der Waals surface area contributed by atoms with Crippen LogP contribution in [0.3, 0.4) is 0 Å². The van der Waals surface area contributed by atoms with Crippen molar-refractivity contribution in [3.05, 3.63) is 77.9 Å². The van der Waals surface area contributed by atoms with Gasteiger partial charge in [-0.15, -0.1) is 11.8 Å². The molecule has 3 rings (SSSR count). The Hall–Kier alpha value is -1.84. The number of nitrogens with one attached hydrogen (secondary N) is 1. The fourth-order valence-electron chi connectivity index (χ4n) is 3.13. The molecule has 2 aromatic rings. The molecule has 0 saturated carbocycles. The smallest absolute Gasteiger partial charge is 0.152 e. The predicted octanol–water partition coefficient (Wildman–Crippen LogP) is 4.76. The molecule has 3 heteroatoms. The number of hydrogen-bond donors (Lipinski definition) is 1. The topological polar surface area (TPSA) is 29.1 Å². The van der Waals surface area contributed by atoms with E-state index in [1.54, 1.807) is 13.0 Å². The fourth-order valence-corrected chi connectivity index (χ4v) is 4.49. The first-order chi connectivity index (χ1) is 11.7. The van der Waals surface area contributed by atoms with Crippen molar-refractivity contribution in [2.75, 3.05) is 0 Å². The summed E-state index contributed by atoms with van der Waals surface area (Å²) in [6.07, 6.45) is 4.77. The van der Waals surface area contributed by atoms with Crippen LogP contribution in [0, 0.1) is 0 Å². The monoisotopic (exact) mass is 337 g/mol. The second-order valence-electron chi connectivity index (χ2n) is 6.12. The van der Waals surface area contributed by atoms with E-state index < -0.39 is 0 Å². The number of carbonyl (C=O) groups excluding carboxylic acids is 1. The van der Waals surface area contributed by atoms with E-state index in [1.807, 2.05) is 11.8 Å². The highest BCUT2D eigenvalue weighted by Gasteiger charge is 2.29. The van der Waals surface area contributed by atoms with E-state index in [0.29, 0.717) is 6.04 Å². The molecule has 3 atom stereocenters. The number of allylic oxidation sites excluding steroid dienone is 1. The number of fused-ring (bicyclic) bond motifs is 1. The Balaban J connectivity index is 2.02. The molecule has 1 heterocycles. The summed E-state index contributed by atoms with van der Waals surface area (Å²) in [5.41, 5.74) is 2.59. The van der Waals surface area contributed by atoms with Gasteiger partial charge in [0, 0.05) is 16.2 Å². The molecule has 0 amide bonds. The first-order valence-corrected chi connectivity index (χ1v) is 9.32. The first kappa shape index (κ1) is 17.0. The molecule has 0 aromatic heterocycles. The van der Waals surface area contributed by atoms with Crippen LogP contribution >= 0.6 is 11.8 Å². The lowest BCUT2D eigenvalue weighted by molar-refractivity contribution is -0.112. The number of thioether (sulfide) groups is 1. The third-order valence-electron chi connectivity index (χ3n) is 4.36. The van der Waals surface area contributed by atoms with Crippen molar-refractivity contribution in [2.24, 2.45) is 0 Å². The zero-order valence-corrected chi connectivity index (χ0v) is 14.9. The summed E-state index contributed by atoms with van der Waals surface area (Å²) in [5.74, 6) is 0.0996. The van der Waals surface area contributed by atoms with Gasteiger partial charge in [-0.2, -0.15) is 0 Å². The summed E-state index contributed by atoms with van der Waals surface area (Å²) in [6.45, 7) is 3.80. The van der Waals surface area contributed by atoms with E-state index in [1.165, 1.54) is 16.0 Å². The van der Waals surface area contributed by atoms with Crippen molar-refractivity contribution < 1.29 is 4.79 Å². The Labute approximate surface area is 148 Å². The molecule has 0 aliphatic carbocycles. The normalized spacial score (nSPS) is 23.7. The molecular weight excluding hydrogens is 314 g/mol. The van der Waals surface area contributed by atoms with Crippen LogP contribution in [0.1, 0.15) is 37.4 Å². The van der Waals surface area contributed by atoms with Crippen LogP contribution in [0.2, 0.25) is 0 Å². The number of carbonyl (C=O) groups is 1. The standard InChI is InChI=1S/C21H23NOS/c1-3-18-20(14-13-15(2)23)24-19-12-8-7-11-17(19)21(22-18)16-9-5-4-6-10-16/h4-14,18,20-22H,3H2,1-2H3/t18-,20-,21?/m1/s1. The van der Waals surface area contributed by atoms with Crippen LogP contribution < -0.4 is 5.32 Å². The molecule has 0 radical (unpaired) electrons. The largest absolute Gasteiger partial charge is 0.302 e. The molecule has 124 valence electrons. The third-order valence-corrected chi connectivity index (χ3v) is 5.75. The van der Waals surface area contributed by atoms with Gasteiger partial charge >= 0.3 is 0 Å². The quantitative estimate of drug-likeness (QED) is 0.815. The molecule has 0 saturated heterocycles. The summed E-state index contributed by atoms with van der Waals surface area (Å²) < 4.78 is 0. The SMILES string of the molecule is CC[C@H]1NC(c2ccccc2)c2ccccc2S[C@@H]1C=CC(C)=O. The summed E-state index contributed by atoms with van der Waals surface area (Å²) in [6, 6.07) is 19.7. The Morgan fingerprint density at radius 2 is 1.83 bits per heavy atom. The van der Waals surface area contributed by atoms with Gasteiger partial charge in [0.1, 0.15) is 0 Å². The van der Waals surface area contributed by atoms with E-state index >= 15 is 0 Å². The molecule has 0 spiro atoms. The highest BCUT2D eigenvalue weighted by atomic mass is 32.2. The molecule has 1 N–H and O–H groups in total. The maximum Gasteiger partial charge on any atom is 0.152 e. The lowest BCUT2D eigenvalue weighted by Gasteiger charge is -2.26. The van der Waals surface area contributed by atoms with E-state index in [0.717, 1.165) is 6.42 Å². The van der Waals surface area contributed by atoms with Gasteiger partial charge in [0.2, 0.25) is 0 Å². The first-order valence-electron chi connectivity index (χ1n) is 8.44. The van der Waals surface area contributed by atoms with Crippen molar-refractivity contribution in [1.82, 2.24) is 5.32 Å². The summed E-state index contributed by atoms with van der Waals surface area (Å²) >= 11 is 1.85. The average Bonchev–Trinajstić information content (AvgIpc) is 2.77. The van der Waals surface area contributed by atoms with Crippen LogP contribution in [0.25, 0.3) is 0 Å².